The molecule has 2 heterocycles. The van der Waals surface area contributed by atoms with Crippen LogP contribution >= 0.6 is 0 Å². The van der Waals surface area contributed by atoms with E-state index in [1.807, 2.05) is 47.4 Å². The van der Waals surface area contributed by atoms with Gasteiger partial charge in [0.05, 0.1) is 30.9 Å². The number of morpholine rings is 1. The Bertz CT molecular complexity index is 1460. The lowest BCUT2D eigenvalue weighted by molar-refractivity contribution is -0.136. The summed E-state index contributed by atoms with van der Waals surface area (Å²) in [6.07, 6.45) is 0.493. The molecule has 5 heteroatoms. The van der Waals surface area contributed by atoms with E-state index in [9.17, 15) is 9.90 Å². The molecule has 196 valence electrons. The van der Waals surface area contributed by atoms with Gasteiger partial charge in [-0.3, -0.25) is 4.90 Å². The molecule has 3 aliphatic rings. The van der Waals surface area contributed by atoms with Gasteiger partial charge in [0, 0.05) is 18.8 Å². The number of rotatable bonds is 4. The largest absolute Gasteiger partial charge is 0.448 e. The third-order valence-corrected chi connectivity index (χ3v) is 8.61. The molecule has 2 atom stereocenters. The van der Waals surface area contributed by atoms with Crippen molar-refractivity contribution in [1.29, 1.82) is 0 Å². The minimum absolute atomic E-state index is 0.0138. The van der Waals surface area contributed by atoms with Crippen molar-refractivity contribution in [3.63, 3.8) is 0 Å². The van der Waals surface area contributed by atoms with Gasteiger partial charge in [0.2, 0.25) is 0 Å². The van der Waals surface area contributed by atoms with Gasteiger partial charge >= 0.3 is 6.09 Å². The number of hydrogen-bond acceptors (Lipinski definition) is 4. The second kappa shape index (κ2) is 9.67. The predicted octanol–water partition coefficient (Wildman–Crippen LogP) is 6.35. The van der Waals surface area contributed by atoms with Gasteiger partial charge in [-0.25, -0.2) is 4.79 Å². The monoisotopic (exact) mass is 517 g/mol. The average molecular weight is 518 g/mol. The molecule has 39 heavy (non-hydrogen) atoms. The number of ether oxygens (including phenoxy) is 2. The number of piperidine rings is 1. The molecule has 1 aliphatic carbocycles. The smallest absolute Gasteiger partial charge is 0.410 e. The van der Waals surface area contributed by atoms with E-state index in [2.05, 4.69) is 60.7 Å². The lowest BCUT2D eigenvalue weighted by Gasteiger charge is -2.51. The number of nitrogens with zero attached hydrogens (tertiary/aromatic N) is 1. The van der Waals surface area contributed by atoms with Crippen molar-refractivity contribution in [3.8, 4) is 22.3 Å². The molecule has 0 spiro atoms. The fraction of sp³-hybridized carbons (Fsp3) is 0.265. The Morgan fingerprint density at radius 3 is 2.05 bits per heavy atom. The summed E-state index contributed by atoms with van der Waals surface area (Å²) in [6, 6.07) is 34.5. The van der Waals surface area contributed by atoms with Crippen LogP contribution in [0.5, 0.6) is 0 Å². The molecule has 2 bridgehead atoms. The fourth-order valence-electron chi connectivity index (χ4n) is 6.80. The van der Waals surface area contributed by atoms with Crippen molar-refractivity contribution in [2.75, 3.05) is 19.8 Å². The molecule has 1 N–H and O–H groups in total. The van der Waals surface area contributed by atoms with E-state index in [0.29, 0.717) is 26.1 Å². The summed E-state index contributed by atoms with van der Waals surface area (Å²) < 4.78 is 11.9. The summed E-state index contributed by atoms with van der Waals surface area (Å²) in [5.74, 6) is 0.0138. The predicted molar refractivity (Wildman–Crippen MR) is 150 cm³/mol. The zero-order valence-corrected chi connectivity index (χ0v) is 21.7. The highest BCUT2D eigenvalue weighted by Crippen LogP contribution is 2.45. The van der Waals surface area contributed by atoms with Gasteiger partial charge in [-0.2, -0.15) is 0 Å². The number of carbonyl (C=O) groups excluding carboxylic acids is 1. The Morgan fingerprint density at radius 1 is 0.795 bits per heavy atom. The van der Waals surface area contributed by atoms with Crippen LogP contribution in [-0.2, 0) is 15.1 Å². The number of fused-ring (bicyclic) bond motifs is 5. The maximum Gasteiger partial charge on any atom is 0.410 e. The van der Waals surface area contributed by atoms with Gasteiger partial charge in [0.15, 0.2) is 0 Å². The first kappa shape index (κ1) is 24.1. The number of benzene rings is 4. The zero-order valence-electron chi connectivity index (χ0n) is 21.7. The van der Waals surface area contributed by atoms with Crippen molar-refractivity contribution < 1.29 is 19.4 Å². The Morgan fingerprint density at radius 2 is 1.38 bits per heavy atom. The molecular weight excluding hydrogens is 486 g/mol. The van der Waals surface area contributed by atoms with Crippen LogP contribution in [0, 0.1) is 0 Å². The van der Waals surface area contributed by atoms with Crippen LogP contribution in [0.2, 0.25) is 0 Å². The molecule has 4 aromatic carbocycles. The summed E-state index contributed by atoms with van der Waals surface area (Å²) in [7, 11) is 0. The molecule has 7 rings (SSSR count). The Hall–Kier alpha value is -3.93. The minimum atomic E-state index is -1.04. The van der Waals surface area contributed by atoms with Crippen molar-refractivity contribution >= 4 is 6.09 Å². The summed E-state index contributed by atoms with van der Waals surface area (Å²) >= 11 is 0. The molecule has 0 saturated carbocycles. The Balaban J connectivity index is 1.10. The van der Waals surface area contributed by atoms with Gasteiger partial charge in [0.1, 0.15) is 6.61 Å². The molecule has 1 amide bonds. The first-order chi connectivity index (χ1) is 19.1. The summed E-state index contributed by atoms with van der Waals surface area (Å²) in [6.45, 7) is 1.07. The molecular formula is C34H31NO4. The van der Waals surface area contributed by atoms with Crippen LogP contribution in [0.3, 0.4) is 0 Å². The topological polar surface area (TPSA) is 59.0 Å². The fourth-order valence-corrected chi connectivity index (χ4v) is 6.80. The number of aliphatic hydroxyl groups is 1. The third kappa shape index (κ3) is 4.22. The van der Waals surface area contributed by atoms with Crippen LogP contribution in [-0.4, -0.2) is 48.0 Å². The van der Waals surface area contributed by atoms with Gasteiger partial charge < -0.3 is 14.6 Å². The molecule has 0 aromatic heterocycles. The Labute approximate surface area is 228 Å². The highest BCUT2D eigenvalue weighted by atomic mass is 16.6. The van der Waals surface area contributed by atoms with Gasteiger partial charge in [-0.05, 0) is 45.0 Å². The minimum Gasteiger partial charge on any atom is -0.448 e. The third-order valence-electron chi connectivity index (χ3n) is 8.61. The standard InChI is InChI=1S/C34H31NO4/c36-33(39-22-32-30-15-6-4-13-28(30)29-14-5-7-16-31(29)32)35-26-18-34(37,19-27(35)21-38-20-26)25-12-8-11-24(17-25)23-9-2-1-3-10-23/h1-17,26-27,32,37H,18-22H2. The molecule has 2 fully saturated rings. The molecule has 2 aliphatic heterocycles. The van der Waals surface area contributed by atoms with Crippen molar-refractivity contribution in [3.05, 3.63) is 120 Å². The number of hydrogen-bond donors (Lipinski definition) is 1. The van der Waals surface area contributed by atoms with E-state index in [-0.39, 0.29) is 30.7 Å². The average Bonchev–Trinajstić information content (AvgIpc) is 3.29. The quantitative estimate of drug-likeness (QED) is 0.343. The van der Waals surface area contributed by atoms with E-state index >= 15 is 0 Å². The van der Waals surface area contributed by atoms with Crippen LogP contribution in [0.25, 0.3) is 22.3 Å². The maximum atomic E-state index is 13.5. The van der Waals surface area contributed by atoms with E-state index in [1.54, 1.807) is 0 Å². The van der Waals surface area contributed by atoms with Crippen molar-refractivity contribution in [2.45, 2.75) is 36.4 Å². The van der Waals surface area contributed by atoms with E-state index in [1.165, 1.54) is 22.3 Å². The van der Waals surface area contributed by atoms with Gasteiger partial charge in [-0.15, -0.1) is 0 Å². The number of carbonyl (C=O) groups is 1. The second-order valence-corrected chi connectivity index (χ2v) is 10.9. The lowest BCUT2D eigenvalue weighted by Crippen LogP contribution is -2.62. The zero-order chi connectivity index (χ0) is 26.4. The van der Waals surface area contributed by atoms with Crippen LogP contribution < -0.4 is 0 Å². The van der Waals surface area contributed by atoms with Crippen LogP contribution in [0.15, 0.2) is 103 Å². The molecule has 5 nitrogen and oxygen atoms in total. The van der Waals surface area contributed by atoms with Crippen molar-refractivity contribution in [2.24, 2.45) is 0 Å². The number of amides is 1. The maximum absolute atomic E-state index is 13.5. The molecule has 4 aromatic rings. The van der Waals surface area contributed by atoms with Gasteiger partial charge in [0.25, 0.3) is 0 Å². The molecule has 2 saturated heterocycles. The highest BCUT2D eigenvalue weighted by Gasteiger charge is 2.49. The summed E-state index contributed by atoms with van der Waals surface area (Å²) in [5, 5.41) is 11.9. The van der Waals surface area contributed by atoms with Crippen LogP contribution in [0.1, 0.15) is 35.4 Å². The van der Waals surface area contributed by atoms with Gasteiger partial charge in [-0.1, -0.05) is 97.1 Å². The SMILES string of the molecule is O=C(OCC1c2ccccc2-c2ccccc21)N1C2COCC1CC(O)(c1cccc(-c3ccccc3)c1)C2. The van der Waals surface area contributed by atoms with Crippen LogP contribution in [0.4, 0.5) is 4.79 Å². The second-order valence-electron chi connectivity index (χ2n) is 10.9. The molecule has 0 radical (unpaired) electrons. The van der Waals surface area contributed by atoms with E-state index in [4.69, 9.17) is 9.47 Å². The first-order valence-corrected chi connectivity index (χ1v) is 13.7. The lowest BCUT2D eigenvalue weighted by atomic mass is 9.76. The summed E-state index contributed by atoms with van der Waals surface area (Å²) in [4.78, 5) is 15.4. The first-order valence-electron chi connectivity index (χ1n) is 13.7. The van der Waals surface area contributed by atoms with E-state index < -0.39 is 5.60 Å². The normalized spacial score (nSPS) is 23.7. The summed E-state index contributed by atoms with van der Waals surface area (Å²) in [5.41, 5.74) is 6.84. The van der Waals surface area contributed by atoms with Crippen molar-refractivity contribution in [1.82, 2.24) is 4.90 Å². The Kier molecular flexibility index (Phi) is 5.98. The highest BCUT2D eigenvalue weighted by molar-refractivity contribution is 5.79. The molecule has 2 unspecified atom stereocenters. The van der Waals surface area contributed by atoms with E-state index in [0.717, 1.165) is 16.7 Å².